The number of carbonyl (C=O) groups excluding carboxylic acids is 1. The summed E-state index contributed by atoms with van der Waals surface area (Å²) in [5, 5.41) is 3.98. The van der Waals surface area contributed by atoms with E-state index in [1.165, 1.54) is 0 Å². The highest BCUT2D eigenvalue weighted by molar-refractivity contribution is 6.39. The molecule has 98 valence electrons. The highest BCUT2D eigenvalue weighted by Gasteiger charge is 2.28. The van der Waals surface area contributed by atoms with Crippen LogP contribution in [0.4, 0.5) is 0 Å². The van der Waals surface area contributed by atoms with Crippen molar-refractivity contribution in [2.45, 2.75) is 6.42 Å². The van der Waals surface area contributed by atoms with Crippen molar-refractivity contribution in [2.75, 3.05) is 26.7 Å². The normalized spacial score (nSPS) is 19.3. The third kappa shape index (κ3) is 2.79. The molecule has 1 N–H and O–H groups in total. The first kappa shape index (κ1) is 13.7. The van der Waals surface area contributed by atoms with E-state index in [0.717, 1.165) is 26.1 Å². The van der Waals surface area contributed by atoms with Gasteiger partial charge in [0.05, 0.1) is 15.6 Å². The van der Waals surface area contributed by atoms with E-state index < -0.39 is 0 Å². The van der Waals surface area contributed by atoms with Gasteiger partial charge in [-0.05, 0) is 38.1 Å². The number of carbonyl (C=O) groups is 1. The van der Waals surface area contributed by atoms with Crippen LogP contribution in [0.2, 0.25) is 10.0 Å². The van der Waals surface area contributed by atoms with E-state index in [9.17, 15) is 4.79 Å². The Bertz CT molecular complexity index is 430. The summed E-state index contributed by atoms with van der Waals surface area (Å²) < 4.78 is 0. The zero-order valence-corrected chi connectivity index (χ0v) is 11.8. The summed E-state index contributed by atoms with van der Waals surface area (Å²) in [7, 11) is 1.93. The van der Waals surface area contributed by atoms with Crippen LogP contribution in [0.5, 0.6) is 0 Å². The van der Waals surface area contributed by atoms with Gasteiger partial charge >= 0.3 is 0 Å². The molecule has 1 aromatic rings. The Hall–Kier alpha value is -0.770. The van der Waals surface area contributed by atoms with Crippen molar-refractivity contribution in [3.63, 3.8) is 0 Å². The van der Waals surface area contributed by atoms with Crippen molar-refractivity contribution in [3.8, 4) is 0 Å². The lowest BCUT2D eigenvalue weighted by Gasteiger charge is -2.18. The molecule has 0 unspecified atom stereocenters. The Morgan fingerprint density at radius 3 is 2.72 bits per heavy atom. The summed E-state index contributed by atoms with van der Waals surface area (Å²) in [5.41, 5.74) is 0.422. The molecule has 1 amide bonds. The van der Waals surface area contributed by atoms with Crippen LogP contribution in [-0.2, 0) is 0 Å². The summed E-state index contributed by atoms with van der Waals surface area (Å²) in [6.07, 6.45) is 1.02. The maximum atomic E-state index is 12.4. The first-order valence-corrected chi connectivity index (χ1v) is 6.77. The molecule has 1 fully saturated rings. The molecule has 1 aromatic carbocycles. The third-order valence-electron chi connectivity index (χ3n) is 3.24. The second kappa shape index (κ2) is 5.91. The SMILES string of the molecule is CNC[C@H]1CCN(C(=O)c2c(Cl)cccc2Cl)C1. The molecule has 1 atom stereocenters. The van der Waals surface area contributed by atoms with E-state index in [0.29, 0.717) is 21.5 Å². The van der Waals surface area contributed by atoms with Crippen LogP contribution in [0, 0.1) is 5.92 Å². The van der Waals surface area contributed by atoms with Gasteiger partial charge in [-0.15, -0.1) is 0 Å². The van der Waals surface area contributed by atoms with Gasteiger partial charge in [0.15, 0.2) is 0 Å². The predicted octanol–water partition coefficient (Wildman–Crippen LogP) is 2.67. The molecule has 0 aliphatic carbocycles. The van der Waals surface area contributed by atoms with Gasteiger partial charge in [-0.2, -0.15) is 0 Å². The third-order valence-corrected chi connectivity index (χ3v) is 3.87. The number of hydrogen-bond donors (Lipinski definition) is 1. The van der Waals surface area contributed by atoms with Crippen LogP contribution in [-0.4, -0.2) is 37.5 Å². The Labute approximate surface area is 117 Å². The lowest BCUT2D eigenvalue weighted by atomic mass is 10.1. The average Bonchev–Trinajstić information content (AvgIpc) is 2.78. The average molecular weight is 287 g/mol. The molecule has 1 saturated heterocycles. The van der Waals surface area contributed by atoms with Crippen LogP contribution < -0.4 is 5.32 Å². The minimum Gasteiger partial charge on any atom is -0.338 e. The fraction of sp³-hybridized carbons (Fsp3) is 0.462. The Balaban J connectivity index is 2.13. The van der Waals surface area contributed by atoms with E-state index in [1.54, 1.807) is 18.2 Å². The predicted molar refractivity (Wildman–Crippen MR) is 74.4 cm³/mol. The molecule has 0 aromatic heterocycles. The fourth-order valence-corrected chi connectivity index (χ4v) is 2.89. The lowest BCUT2D eigenvalue weighted by Crippen LogP contribution is -2.30. The van der Waals surface area contributed by atoms with Crippen LogP contribution in [0.25, 0.3) is 0 Å². The molecule has 18 heavy (non-hydrogen) atoms. The minimum atomic E-state index is -0.0656. The smallest absolute Gasteiger partial charge is 0.256 e. The molecule has 1 heterocycles. The van der Waals surface area contributed by atoms with Gasteiger partial charge < -0.3 is 10.2 Å². The largest absolute Gasteiger partial charge is 0.338 e. The number of benzene rings is 1. The summed E-state index contributed by atoms with van der Waals surface area (Å²) in [4.78, 5) is 14.2. The number of halogens is 2. The summed E-state index contributed by atoms with van der Waals surface area (Å²) in [5.74, 6) is 0.449. The first-order valence-electron chi connectivity index (χ1n) is 6.01. The standard InChI is InChI=1S/C13H16Cl2N2O/c1-16-7-9-5-6-17(8-9)13(18)12-10(14)3-2-4-11(12)15/h2-4,9,16H,5-8H2,1H3/t9-/m1/s1. The highest BCUT2D eigenvalue weighted by atomic mass is 35.5. The number of amides is 1. The first-order chi connectivity index (χ1) is 8.63. The van der Waals surface area contributed by atoms with Gasteiger partial charge in [-0.3, -0.25) is 4.79 Å². The Kier molecular flexibility index (Phi) is 4.49. The van der Waals surface area contributed by atoms with E-state index >= 15 is 0 Å². The van der Waals surface area contributed by atoms with E-state index in [4.69, 9.17) is 23.2 Å². The molecule has 1 aliphatic heterocycles. The molecule has 5 heteroatoms. The van der Waals surface area contributed by atoms with E-state index in [1.807, 2.05) is 11.9 Å². The maximum absolute atomic E-state index is 12.4. The number of rotatable bonds is 3. The van der Waals surface area contributed by atoms with Crippen molar-refractivity contribution in [1.82, 2.24) is 10.2 Å². The molecule has 0 spiro atoms. The van der Waals surface area contributed by atoms with Crippen molar-refractivity contribution in [3.05, 3.63) is 33.8 Å². The van der Waals surface area contributed by atoms with Gasteiger partial charge in [0.1, 0.15) is 0 Å². The molecule has 2 rings (SSSR count). The molecule has 0 saturated carbocycles. The Morgan fingerprint density at radius 1 is 1.44 bits per heavy atom. The van der Waals surface area contributed by atoms with Crippen molar-refractivity contribution >= 4 is 29.1 Å². The lowest BCUT2D eigenvalue weighted by molar-refractivity contribution is 0.0787. The molecule has 0 bridgehead atoms. The molecule has 3 nitrogen and oxygen atoms in total. The van der Waals surface area contributed by atoms with E-state index in [-0.39, 0.29) is 5.91 Å². The van der Waals surface area contributed by atoms with Gasteiger partial charge in [0.25, 0.3) is 5.91 Å². The topological polar surface area (TPSA) is 32.3 Å². The summed E-state index contributed by atoms with van der Waals surface area (Å²) in [6.45, 7) is 2.47. The second-order valence-corrected chi connectivity index (χ2v) is 5.37. The highest BCUT2D eigenvalue weighted by Crippen LogP contribution is 2.27. The Morgan fingerprint density at radius 2 is 2.11 bits per heavy atom. The van der Waals surface area contributed by atoms with Gasteiger partial charge in [-0.25, -0.2) is 0 Å². The number of nitrogens with zero attached hydrogens (tertiary/aromatic N) is 1. The quantitative estimate of drug-likeness (QED) is 0.927. The molecular formula is C13H16Cl2N2O. The van der Waals surface area contributed by atoms with Gasteiger partial charge in [-0.1, -0.05) is 29.3 Å². The van der Waals surface area contributed by atoms with Crippen LogP contribution in [0.15, 0.2) is 18.2 Å². The molecule has 0 radical (unpaired) electrons. The van der Waals surface area contributed by atoms with Crippen LogP contribution in [0.1, 0.15) is 16.8 Å². The number of hydrogen-bond acceptors (Lipinski definition) is 2. The monoisotopic (exact) mass is 286 g/mol. The van der Waals surface area contributed by atoms with Crippen molar-refractivity contribution in [2.24, 2.45) is 5.92 Å². The van der Waals surface area contributed by atoms with Gasteiger partial charge in [0.2, 0.25) is 0 Å². The number of nitrogens with one attached hydrogen (secondary N) is 1. The molecular weight excluding hydrogens is 271 g/mol. The van der Waals surface area contributed by atoms with Crippen LogP contribution >= 0.6 is 23.2 Å². The van der Waals surface area contributed by atoms with Crippen molar-refractivity contribution < 1.29 is 4.79 Å². The molecule has 1 aliphatic rings. The van der Waals surface area contributed by atoms with E-state index in [2.05, 4.69) is 5.32 Å². The number of likely N-dealkylation sites (tertiary alicyclic amines) is 1. The second-order valence-electron chi connectivity index (χ2n) is 4.56. The zero-order chi connectivity index (χ0) is 13.1. The summed E-state index contributed by atoms with van der Waals surface area (Å²) >= 11 is 12.1. The zero-order valence-electron chi connectivity index (χ0n) is 10.2. The maximum Gasteiger partial charge on any atom is 0.256 e. The van der Waals surface area contributed by atoms with Crippen molar-refractivity contribution in [1.29, 1.82) is 0 Å². The minimum absolute atomic E-state index is 0.0656. The van der Waals surface area contributed by atoms with Crippen LogP contribution in [0.3, 0.4) is 0 Å². The van der Waals surface area contributed by atoms with Gasteiger partial charge in [0, 0.05) is 13.1 Å². The summed E-state index contributed by atoms with van der Waals surface area (Å²) in [6, 6.07) is 5.14. The fourth-order valence-electron chi connectivity index (χ4n) is 2.33.